The van der Waals surface area contributed by atoms with Gasteiger partial charge in [0.05, 0.1) is 12.4 Å². The van der Waals surface area contributed by atoms with Crippen LogP contribution in [0.2, 0.25) is 0 Å². The first kappa shape index (κ1) is 6.90. The summed E-state index contributed by atoms with van der Waals surface area (Å²) in [5.74, 6) is 0. The van der Waals surface area contributed by atoms with Crippen LogP contribution in [0.25, 0.3) is 10.9 Å². The number of fused-ring (bicyclic) bond motifs is 1. The molecule has 2 rings (SSSR count). The van der Waals surface area contributed by atoms with Crippen molar-refractivity contribution >= 4 is 10.9 Å². The van der Waals surface area contributed by atoms with Gasteiger partial charge < -0.3 is 0 Å². The standard InChI is InChI=1S/C7H6N4O/c1-11-7(12)6-5(4-9-11)2-3-8-10-6/h2-4H,1H3. The molecule has 2 aromatic heterocycles. The second-order valence-electron chi connectivity index (χ2n) is 2.41. The van der Waals surface area contributed by atoms with E-state index in [0.717, 1.165) is 0 Å². The van der Waals surface area contributed by atoms with Gasteiger partial charge in [-0.15, -0.1) is 5.10 Å². The summed E-state index contributed by atoms with van der Waals surface area (Å²) in [6.45, 7) is 0. The van der Waals surface area contributed by atoms with E-state index < -0.39 is 0 Å². The molecule has 0 unspecified atom stereocenters. The predicted octanol–water partition coefficient (Wildman–Crippen LogP) is -0.277. The van der Waals surface area contributed by atoms with Crippen molar-refractivity contribution in [1.82, 2.24) is 20.0 Å². The van der Waals surface area contributed by atoms with Gasteiger partial charge in [-0.25, -0.2) is 4.68 Å². The molecule has 0 N–H and O–H groups in total. The van der Waals surface area contributed by atoms with Gasteiger partial charge in [0.15, 0.2) is 5.52 Å². The predicted molar refractivity (Wildman–Crippen MR) is 42.6 cm³/mol. The van der Waals surface area contributed by atoms with Gasteiger partial charge in [0.1, 0.15) is 0 Å². The minimum Gasteiger partial charge on any atom is -0.265 e. The molecule has 2 heterocycles. The molecule has 0 bridgehead atoms. The fraction of sp³-hybridized carbons (Fsp3) is 0.143. The van der Waals surface area contributed by atoms with Crippen molar-refractivity contribution in [2.45, 2.75) is 0 Å². The summed E-state index contributed by atoms with van der Waals surface area (Å²) in [5, 5.41) is 11.9. The number of aromatic nitrogens is 4. The Bertz CT molecular complexity index is 476. The van der Waals surface area contributed by atoms with Gasteiger partial charge >= 0.3 is 0 Å². The summed E-state index contributed by atoms with van der Waals surface area (Å²) >= 11 is 0. The van der Waals surface area contributed by atoms with Gasteiger partial charge in [-0.1, -0.05) is 0 Å². The Labute approximate surface area is 67.7 Å². The van der Waals surface area contributed by atoms with E-state index in [9.17, 15) is 4.79 Å². The molecule has 0 saturated heterocycles. The van der Waals surface area contributed by atoms with Crippen LogP contribution in [0.4, 0.5) is 0 Å². The Balaban J connectivity index is 3.01. The van der Waals surface area contributed by atoms with Crippen LogP contribution in [-0.4, -0.2) is 20.0 Å². The van der Waals surface area contributed by atoms with Crippen molar-refractivity contribution in [1.29, 1.82) is 0 Å². The summed E-state index contributed by atoms with van der Waals surface area (Å²) in [6, 6.07) is 1.71. The lowest BCUT2D eigenvalue weighted by molar-refractivity contribution is 0.714. The summed E-state index contributed by atoms with van der Waals surface area (Å²) in [4.78, 5) is 11.3. The number of hydrogen-bond acceptors (Lipinski definition) is 4. The quantitative estimate of drug-likeness (QED) is 0.534. The minimum absolute atomic E-state index is 0.222. The summed E-state index contributed by atoms with van der Waals surface area (Å²) in [6.07, 6.45) is 3.12. The van der Waals surface area contributed by atoms with Crippen LogP contribution in [0.1, 0.15) is 0 Å². The molecule has 0 spiro atoms. The van der Waals surface area contributed by atoms with E-state index in [0.29, 0.717) is 10.9 Å². The van der Waals surface area contributed by atoms with Crippen molar-refractivity contribution in [3.63, 3.8) is 0 Å². The van der Waals surface area contributed by atoms with Crippen LogP contribution in [-0.2, 0) is 7.05 Å². The highest BCUT2D eigenvalue weighted by molar-refractivity contribution is 5.75. The average Bonchev–Trinajstić information content (AvgIpc) is 2.12. The van der Waals surface area contributed by atoms with E-state index in [4.69, 9.17) is 0 Å². The molecule has 0 saturated carbocycles. The minimum atomic E-state index is -0.222. The largest absolute Gasteiger partial charge is 0.294 e. The lowest BCUT2D eigenvalue weighted by atomic mass is 10.3. The van der Waals surface area contributed by atoms with Gasteiger partial charge in [0, 0.05) is 12.4 Å². The molecule has 5 nitrogen and oxygen atoms in total. The van der Waals surface area contributed by atoms with E-state index in [1.807, 2.05) is 0 Å². The van der Waals surface area contributed by atoms with Crippen LogP contribution in [0, 0.1) is 0 Å². The topological polar surface area (TPSA) is 60.7 Å². The first-order valence-electron chi connectivity index (χ1n) is 3.43. The maximum atomic E-state index is 11.3. The van der Waals surface area contributed by atoms with Crippen molar-refractivity contribution in [2.24, 2.45) is 7.05 Å². The average molecular weight is 162 g/mol. The maximum absolute atomic E-state index is 11.3. The number of aryl methyl sites for hydroxylation is 1. The molecule has 0 aliphatic heterocycles. The van der Waals surface area contributed by atoms with E-state index in [2.05, 4.69) is 15.3 Å². The van der Waals surface area contributed by atoms with Crippen molar-refractivity contribution in [3.05, 3.63) is 28.8 Å². The van der Waals surface area contributed by atoms with E-state index in [1.165, 1.54) is 10.9 Å². The molecule has 0 aromatic carbocycles. The summed E-state index contributed by atoms with van der Waals surface area (Å²) < 4.78 is 1.23. The van der Waals surface area contributed by atoms with Gasteiger partial charge in [0.25, 0.3) is 5.56 Å². The fourth-order valence-electron chi connectivity index (χ4n) is 0.966. The molecule has 0 amide bonds. The molecule has 0 radical (unpaired) electrons. The van der Waals surface area contributed by atoms with Crippen LogP contribution >= 0.6 is 0 Å². The Morgan fingerprint density at radius 2 is 2.33 bits per heavy atom. The van der Waals surface area contributed by atoms with Crippen LogP contribution in [0.5, 0.6) is 0 Å². The van der Waals surface area contributed by atoms with Crippen LogP contribution < -0.4 is 5.56 Å². The highest BCUT2D eigenvalue weighted by Gasteiger charge is 2.00. The smallest absolute Gasteiger partial charge is 0.265 e. The molecular weight excluding hydrogens is 156 g/mol. The summed E-state index contributed by atoms with van der Waals surface area (Å²) in [7, 11) is 1.58. The second kappa shape index (κ2) is 2.37. The number of nitrogens with zero attached hydrogens (tertiary/aromatic N) is 4. The highest BCUT2D eigenvalue weighted by Crippen LogP contribution is 1.99. The molecule has 60 valence electrons. The molecule has 2 aromatic rings. The Morgan fingerprint density at radius 1 is 1.50 bits per heavy atom. The van der Waals surface area contributed by atoms with Gasteiger partial charge in [-0.3, -0.25) is 4.79 Å². The molecule has 0 atom stereocenters. The first-order chi connectivity index (χ1) is 5.79. The monoisotopic (exact) mass is 162 g/mol. The Morgan fingerprint density at radius 3 is 3.17 bits per heavy atom. The third-order valence-electron chi connectivity index (χ3n) is 1.62. The summed E-state index contributed by atoms with van der Waals surface area (Å²) in [5.41, 5.74) is 0.135. The zero-order valence-corrected chi connectivity index (χ0v) is 6.43. The van der Waals surface area contributed by atoms with Gasteiger partial charge in [0.2, 0.25) is 0 Å². The van der Waals surface area contributed by atoms with Gasteiger partial charge in [-0.2, -0.15) is 10.2 Å². The molecular formula is C7H6N4O. The van der Waals surface area contributed by atoms with E-state index in [1.54, 1.807) is 19.3 Å². The number of hydrogen-bond donors (Lipinski definition) is 0. The lowest BCUT2D eigenvalue weighted by Gasteiger charge is -1.96. The molecule has 5 heteroatoms. The molecule has 0 aliphatic rings. The highest BCUT2D eigenvalue weighted by atomic mass is 16.1. The van der Waals surface area contributed by atoms with Crippen molar-refractivity contribution < 1.29 is 0 Å². The third kappa shape index (κ3) is 0.868. The van der Waals surface area contributed by atoms with Crippen LogP contribution in [0.3, 0.4) is 0 Å². The molecule has 0 fully saturated rings. The lowest BCUT2D eigenvalue weighted by Crippen LogP contribution is -2.20. The van der Waals surface area contributed by atoms with Crippen LogP contribution in [0.15, 0.2) is 23.3 Å². The fourth-order valence-corrected chi connectivity index (χ4v) is 0.966. The van der Waals surface area contributed by atoms with Gasteiger partial charge in [-0.05, 0) is 6.07 Å². The Hall–Kier alpha value is -1.78. The third-order valence-corrected chi connectivity index (χ3v) is 1.62. The second-order valence-corrected chi connectivity index (χ2v) is 2.41. The zero-order chi connectivity index (χ0) is 8.55. The van der Waals surface area contributed by atoms with Crippen molar-refractivity contribution in [3.8, 4) is 0 Å². The van der Waals surface area contributed by atoms with E-state index >= 15 is 0 Å². The van der Waals surface area contributed by atoms with E-state index in [-0.39, 0.29) is 5.56 Å². The molecule has 0 aliphatic carbocycles. The first-order valence-corrected chi connectivity index (χ1v) is 3.43. The Kier molecular flexibility index (Phi) is 1.36. The number of rotatable bonds is 0. The maximum Gasteiger partial charge on any atom is 0.294 e. The SMILES string of the molecule is Cn1ncc2ccnnc2c1=O. The van der Waals surface area contributed by atoms with Crippen molar-refractivity contribution in [2.75, 3.05) is 0 Å². The molecule has 12 heavy (non-hydrogen) atoms. The zero-order valence-electron chi connectivity index (χ0n) is 6.43. The normalized spacial score (nSPS) is 10.4.